The van der Waals surface area contributed by atoms with E-state index in [9.17, 15) is 55.2 Å². The van der Waals surface area contributed by atoms with Gasteiger partial charge in [0.25, 0.3) is 0 Å². The van der Waals surface area contributed by atoms with Crippen LogP contribution in [0.1, 0.15) is 106 Å². The van der Waals surface area contributed by atoms with E-state index in [0.29, 0.717) is 19.3 Å². The van der Waals surface area contributed by atoms with E-state index >= 15 is 0 Å². The lowest BCUT2D eigenvalue weighted by atomic mass is 9.35. The summed E-state index contributed by atoms with van der Waals surface area (Å²) < 4.78 is 23.5. The monoisotopic (exact) mass is 806 g/mol. The first-order valence-electron chi connectivity index (χ1n) is 20.5. The summed E-state index contributed by atoms with van der Waals surface area (Å²) in [6, 6.07) is 0. The van der Waals surface area contributed by atoms with E-state index in [1.54, 1.807) is 0 Å². The van der Waals surface area contributed by atoms with Crippen molar-refractivity contribution in [2.24, 2.45) is 44.3 Å². The number of ether oxygens (including phenoxy) is 4. The fourth-order valence-corrected chi connectivity index (χ4v) is 12.9. The van der Waals surface area contributed by atoms with Gasteiger partial charge in [-0.1, -0.05) is 59.3 Å². The summed E-state index contributed by atoms with van der Waals surface area (Å²) >= 11 is 0. The third-order valence-corrected chi connectivity index (χ3v) is 16.9. The fraction of sp³-hybridized carbons (Fsp3) is 0.833. The Morgan fingerprint density at radius 3 is 1.89 bits per heavy atom. The number of allylic oxidation sites excluding steroid dienone is 4. The Balaban J connectivity index is 1.17. The molecule has 8 N–H and O–H groups in total. The highest BCUT2D eigenvalue weighted by atomic mass is 16.8. The lowest BCUT2D eigenvalue weighted by molar-refractivity contribution is -0.371. The van der Waals surface area contributed by atoms with Gasteiger partial charge in [0, 0.05) is 0 Å². The van der Waals surface area contributed by atoms with Gasteiger partial charge in [0.2, 0.25) is 0 Å². The van der Waals surface area contributed by atoms with E-state index in [1.807, 2.05) is 6.92 Å². The van der Waals surface area contributed by atoms with Crippen LogP contribution < -0.4 is 0 Å². The lowest BCUT2D eigenvalue weighted by Gasteiger charge is -2.69. The number of carboxylic acid groups (broad SMARTS) is 3. The Morgan fingerprint density at radius 2 is 1.28 bits per heavy atom. The molecule has 2 heterocycles. The molecule has 57 heavy (non-hydrogen) atoms. The maximum Gasteiger partial charge on any atom is 0.335 e. The summed E-state index contributed by atoms with van der Waals surface area (Å²) in [7, 11) is 0. The molecule has 7 aliphatic rings. The van der Waals surface area contributed by atoms with Crippen molar-refractivity contribution in [3.63, 3.8) is 0 Å². The maximum atomic E-state index is 12.5. The molecule has 320 valence electrons. The first-order chi connectivity index (χ1) is 26.4. The molecule has 5 fully saturated rings. The van der Waals surface area contributed by atoms with Gasteiger partial charge in [0.05, 0.1) is 11.5 Å². The molecule has 15 nitrogen and oxygen atoms in total. The molecule has 0 spiro atoms. The van der Waals surface area contributed by atoms with Gasteiger partial charge < -0.3 is 59.8 Å². The average molecular weight is 807 g/mol. The fourth-order valence-electron chi connectivity index (χ4n) is 12.9. The van der Waals surface area contributed by atoms with Crippen LogP contribution in [0.5, 0.6) is 0 Å². The van der Waals surface area contributed by atoms with E-state index in [-0.39, 0.29) is 33.5 Å². The molecule has 0 aromatic heterocycles. The van der Waals surface area contributed by atoms with Crippen molar-refractivity contribution in [3.05, 3.63) is 23.3 Å². The largest absolute Gasteiger partial charge is 0.481 e. The zero-order valence-corrected chi connectivity index (χ0v) is 34.0. The Bertz CT molecular complexity index is 1710. The topological polar surface area (TPSA) is 250 Å². The SMILES string of the molecule is CC1(C)[C@@H](O[C@@H]2O[C@H](C(=O)O)[C@@H](O)[C@H](O)[C@H]2O[C@@H]2O[C@H](C(=O)O)[C@@H](O)[C@H](O)[C@H]2O)CC[C@]2(C)[C@H]3C=CC4=C5C[C@@](C)(C(=O)O)CC[C@]5(C)CC[C@@]4(C)[C@]3(C)CC[C@@H]12. The first-order valence-corrected chi connectivity index (χ1v) is 20.5. The van der Waals surface area contributed by atoms with Crippen molar-refractivity contribution in [1.29, 1.82) is 0 Å². The minimum Gasteiger partial charge on any atom is -0.481 e. The highest BCUT2D eigenvalue weighted by molar-refractivity contribution is 5.75. The maximum absolute atomic E-state index is 12.5. The van der Waals surface area contributed by atoms with Crippen LogP contribution in [0.3, 0.4) is 0 Å². The van der Waals surface area contributed by atoms with Gasteiger partial charge >= 0.3 is 17.9 Å². The van der Waals surface area contributed by atoms with Crippen LogP contribution in [-0.2, 0) is 33.3 Å². The third kappa shape index (κ3) is 6.27. The zero-order valence-electron chi connectivity index (χ0n) is 34.0. The van der Waals surface area contributed by atoms with Crippen LogP contribution >= 0.6 is 0 Å². The van der Waals surface area contributed by atoms with Crippen molar-refractivity contribution >= 4 is 17.9 Å². The van der Waals surface area contributed by atoms with Crippen LogP contribution in [0.2, 0.25) is 0 Å². The first kappa shape index (κ1) is 42.6. The van der Waals surface area contributed by atoms with Gasteiger partial charge in [0.1, 0.15) is 36.6 Å². The summed E-state index contributed by atoms with van der Waals surface area (Å²) in [5, 5.41) is 83.0. The van der Waals surface area contributed by atoms with Gasteiger partial charge in [-0.15, -0.1) is 0 Å². The lowest BCUT2D eigenvalue weighted by Crippen LogP contribution is -2.67. The second-order valence-electron chi connectivity index (χ2n) is 20.2. The van der Waals surface area contributed by atoms with Crippen LogP contribution in [0.4, 0.5) is 0 Å². The number of fused-ring (bicyclic) bond motifs is 6. The number of carbonyl (C=O) groups is 3. The number of aliphatic hydroxyl groups excluding tert-OH is 5. The number of hydrogen-bond acceptors (Lipinski definition) is 12. The highest BCUT2D eigenvalue weighted by Gasteiger charge is 2.67. The molecule has 15 heteroatoms. The summed E-state index contributed by atoms with van der Waals surface area (Å²) in [6.45, 7) is 15.6. The molecule has 0 aromatic rings. The molecule has 3 saturated carbocycles. The van der Waals surface area contributed by atoms with Crippen molar-refractivity contribution in [3.8, 4) is 0 Å². The van der Waals surface area contributed by atoms with Gasteiger partial charge in [-0.3, -0.25) is 4.79 Å². The zero-order chi connectivity index (χ0) is 42.0. The summed E-state index contributed by atoms with van der Waals surface area (Å²) in [4.78, 5) is 36.4. The molecule has 0 bridgehead atoms. The molecule has 2 aliphatic heterocycles. The smallest absolute Gasteiger partial charge is 0.335 e. The molecule has 0 radical (unpaired) electrons. The van der Waals surface area contributed by atoms with Gasteiger partial charge in [-0.25, -0.2) is 9.59 Å². The highest BCUT2D eigenvalue weighted by Crippen LogP contribution is 2.74. The van der Waals surface area contributed by atoms with E-state index < -0.39 is 96.3 Å². The average Bonchev–Trinajstić information content (AvgIpc) is 3.12. The molecule has 7 rings (SSSR count). The molecular formula is C42H62O15. The van der Waals surface area contributed by atoms with Crippen molar-refractivity contribution < 1.29 is 74.2 Å². The van der Waals surface area contributed by atoms with E-state index in [4.69, 9.17) is 18.9 Å². The van der Waals surface area contributed by atoms with Crippen LogP contribution in [0.15, 0.2) is 23.3 Å². The third-order valence-electron chi connectivity index (χ3n) is 16.9. The molecular weight excluding hydrogens is 744 g/mol. The Labute approximate surface area is 333 Å². The number of aliphatic carboxylic acids is 3. The molecule has 5 aliphatic carbocycles. The van der Waals surface area contributed by atoms with Crippen LogP contribution in [0.25, 0.3) is 0 Å². The number of carboxylic acids is 3. The summed E-state index contributed by atoms with van der Waals surface area (Å²) in [6.07, 6.45) is -7.94. The Kier molecular flexibility index (Phi) is 10.5. The quantitative estimate of drug-likeness (QED) is 0.172. The molecule has 2 saturated heterocycles. The predicted molar refractivity (Wildman–Crippen MR) is 199 cm³/mol. The minimum absolute atomic E-state index is 0.0257. The summed E-state index contributed by atoms with van der Waals surface area (Å²) in [5.74, 6) is -3.67. The van der Waals surface area contributed by atoms with Gasteiger partial charge in [-0.05, 0) is 109 Å². The second-order valence-corrected chi connectivity index (χ2v) is 20.2. The van der Waals surface area contributed by atoms with Gasteiger partial charge in [-0.2, -0.15) is 0 Å². The number of rotatable bonds is 7. The molecule has 18 atom stereocenters. The van der Waals surface area contributed by atoms with E-state index in [1.165, 1.54) is 11.1 Å². The Morgan fingerprint density at radius 1 is 0.684 bits per heavy atom. The van der Waals surface area contributed by atoms with Crippen molar-refractivity contribution in [2.75, 3.05) is 0 Å². The summed E-state index contributed by atoms with van der Waals surface area (Å²) in [5.41, 5.74) is 0.770. The molecule has 0 aromatic carbocycles. The van der Waals surface area contributed by atoms with Crippen molar-refractivity contribution in [2.45, 2.75) is 174 Å². The van der Waals surface area contributed by atoms with Gasteiger partial charge in [0.15, 0.2) is 24.8 Å². The number of hydrogen-bond donors (Lipinski definition) is 8. The van der Waals surface area contributed by atoms with E-state index in [0.717, 1.165) is 38.5 Å². The standard InChI is InChI=1S/C42H62O15/c1-37(2)21-10-13-42(7)22(9-8-19-20-18-39(4,36(52)53)15-14-38(20,3)16-17-41(19,42)6)40(21,5)12-11-23(37)54-35-31(27(46)26(45)30(56-35)33(50)51)57-34-28(47)24(43)25(44)29(55-34)32(48)49/h8-9,21-31,34-35,43-47H,10-18H2,1-7H3,(H,48,49)(H,50,51)(H,52,53)/t21-,22+,23-,24-,25-,26-,27-,28+,29-,30-,31+,34-,35+,38+,39-,40-,41+,42+/m0/s1. The second kappa shape index (κ2) is 14.1. The van der Waals surface area contributed by atoms with Crippen molar-refractivity contribution in [1.82, 2.24) is 0 Å². The molecule has 0 unspecified atom stereocenters. The molecule has 0 amide bonds. The minimum atomic E-state index is -2.01. The van der Waals surface area contributed by atoms with Crippen LogP contribution in [-0.4, -0.2) is 126 Å². The van der Waals surface area contributed by atoms with Crippen LogP contribution in [0, 0.1) is 44.3 Å². The normalized spacial score (nSPS) is 51.8. The number of aliphatic hydroxyl groups is 5. The van der Waals surface area contributed by atoms with E-state index in [2.05, 4.69) is 53.7 Å². The Hall–Kier alpha value is -2.47. The predicted octanol–water partition coefficient (Wildman–Crippen LogP) is 2.99.